The molecule has 4 aromatic rings. The zero-order chi connectivity index (χ0) is 18.5. The first-order valence-electron chi connectivity index (χ1n) is 9.09. The van der Waals surface area contributed by atoms with Crippen molar-refractivity contribution in [3.8, 4) is 0 Å². The Kier molecular flexibility index (Phi) is 3.92. The number of rotatable bonds is 3. The molecule has 3 nitrogen and oxygen atoms in total. The van der Waals surface area contributed by atoms with Gasteiger partial charge in [-0.15, -0.1) is 11.3 Å². The number of nitrogens with one attached hydrogen (secondary N) is 1. The van der Waals surface area contributed by atoms with E-state index in [-0.39, 0.29) is 10.8 Å². The second-order valence-electron chi connectivity index (χ2n) is 8.83. The van der Waals surface area contributed by atoms with Gasteiger partial charge in [-0.2, -0.15) is 0 Å². The van der Waals surface area contributed by atoms with Crippen LogP contribution in [0.5, 0.6) is 0 Å². The Hall–Kier alpha value is -2.20. The molecule has 26 heavy (non-hydrogen) atoms. The molecule has 0 amide bonds. The summed E-state index contributed by atoms with van der Waals surface area (Å²) in [7, 11) is 0. The maximum absolute atomic E-state index is 4.25. The number of hydrogen-bond donors (Lipinski definition) is 1. The van der Waals surface area contributed by atoms with Gasteiger partial charge in [0.2, 0.25) is 0 Å². The molecule has 0 spiro atoms. The SMILES string of the molecule is CC(C)(C)c1cc2c[n+](CC(C)(C)c3cc4cnccc4s3)ccc2[nH]1. The summed E-state index contributed by atoms with van der Waals surface area (Å²) in [6.45, 7) is 12.3. The number of fused-ring (bicyclic) bond motifs is 2. The molecular formula is C22H26N3S+. The molecule has 0 aliphatic carbocycles. The Morgan fingerprint density at radius 3 is 2.62 bits per heavy atom. The van der Waals surface area contributed by atoms with E-state index in [9.17, 15) is 0 Å². The van der Waals surface area contributed by atoms with Crippen molar-refractivity contribution in [3.63, 3.8) is 0 Å². The average Bonchev–Trinajstić information content (AvgIpc) is 3.18. The molecule has 1 N–H and O–H groups in total. The smallest absolute Gasteiger partial charge is 0.178 e. The lowest BCUT2D eigenvalue weighted by atomic mass is 9.91. The lowest BCUT2D eigenvalue weighted by Crippen LogP contribution is -2.42. The van der Waals surface area contributed by atoms with Crippen molar-refractivity contribution in [2.45, 2.75) is 52.0 Å². The molecule has 4 rings (SSSR count). The van der Waals surface area contributed by atoms with E-state index in [1.807, 2.05) is 23.7 Å². The number of hydrogen-bond acceptors (Lipinski definition) is 2. The van der Waals surface area contributed by atoms with E-state index in [1.54, 1.807) is 0 Å². The number of aromatic amines is 1. The number of thiophene rings is 1. The van der Waals surface area contributed by atoms with Gasteiger partial charge in [-0.25, -0.2) is 4.57 Å². The van der Waals surface area contributed by atoms with E-state index in [0.29, 0.717) is 0 Å². The molecule has 4 heterocycles. The van der Waals surface area contributed by atoms with Crippen molar-refractivity contribution in [1.29, 1.82) is 0 Å². The van der Waals surface area contributed by atoms with Crippen molar-refractivity contribution in [2.24, 2.45) is 0 Å². The highest BCUT2D eigenvalue weighted by Crippen LogP contribution is 2.34. The normalized spacial score (nSPS) is 13.0. The number of H-pyrrole nitrogens is 1. The fourth-order valence-electron chi connectivity index (χ4n) is 3.38. The van der Waals surface area contributed by atoms with Gasteiger partial charge in [0.05, 0.1) is 16.3 Å². The van der Waals surface area contributed by atoms with Crippen LogP contribution in [0.15, 0.2) is 49.1 Å². The lowest BCUT2D eigenvalue weighted by Gasteiger charge is -2.19. The minimum atomic E-state index is 0.0607. The van der Waals surface area contributed by atoms with E-state index in [2.05, 4.69) is 85.8 Å². The van der Waals surface area contributed by atoms with Gasteiger partial charge in [-0.1, -0.05) is 20.8 Å². The molecule has 0 saturated heterocycles. The first kappa shape index (κ1) is 17.2. The molecule has 0 aliphatic heterocycles. The van der Waals surface area contributed by atoms with Crippen LogP contribution in [0.1, 0.15) is 45.2 Å². The van der Waals surface area contributed by atoms with E-state index in [0.717, 1.165) is 6.54 Å². The summed E-state index contributed by atoms with van der Waals surface area (Å²) in [5.74, 6) is 0. The molecule has 0 aliphatic rings. The van der Waals surface area contributed by atoms with Crippen molar-refractivity contribution >= 4 is 32.3 Å². The van der Waals surface area contributed by atoms with Gasteiger partial charge in [-0.3, -0.25) is 4.98 Å². The number of aromatic nitrogens is 3. The summed E-state index contributed by atoms with van der Waals surface area (Å²) in [6, 6.07) is 8.87. The summed E-state index contributed by atoms with van der Waals surface area (Å²) < 4.78 is 3.62. The number of nitrogens with zero attached hydrogens (tertiary/aromatic N) is 2. The summed E-state index contributed by atoms with van der Waals surface area (Å²) in [4.78, 5) is 9.20. The molecule has 0 radical (unpaired) electrons. The topological polar surface area (TPSA) is 32.6 Å². The molecule has 4 heteroatoms. The third kappa shape index (κ3) is 3.14. The lowest BCUT2D eigenvalue weighted by molar-refractivity contribution is -0.702. The van der Waals surface area contributed by atoms with Crippen LogP contribution < -0.4 is 4.57 Å². The maximum Gasteiger partial charge on any atom is 0.178 e. The average molecular weight is 365 g/mol. The first-order valence-corrected chi connectivity index (χ1v) is 9.90. The molecule has 0 atom stereocenters. The minimum absolute atomic E-state index is 0.0607. The van der Waals surface area contributed by atoms with Crippen LogP contribution in [0.3, 0.4) is 0 Å². The molecule has 134 valence electrons. The molecular weight excluding hydrogens is 338 g/mol. The summed E-state index contributed by atoms with van der Waals surface area (Å²) in [5.41, 5.74) is 2.68. The zero-order valence-corrected chi connectivity index (χ0v) is 16.9. The predicted octanol–water partition coefficient (Wildman–Crippen LogP) is 5.34. The third-order valence-electron chi connectivity index (χ3n) is 4.99. The van der Waals surface area contributed by atoms with Crippen LogP contribution in [0, 0.1) is 0 Å². The number of pyridine rings is 2. The standard InChI is InChI=1S/C22H25N3S/c1-21(2,3)19-10-16-13-25(9-7-17(16)24-19)14-22(4,5)20-11-15-12-23-8-6-18(15)26-20/h6-13H,14H2,1-5H3/p+1. The highest BCUT2D eigenvalue weighted by atomic mass is 32.1. The molecule has 0 saturated carbocycles. The maximum atomic E-state index is 4.25. The van der Waals surface area contributed by atoms with Gasteiger partial charge in [0.1, 0.15) is 0 Å². The Morgan fingerprint density at radius 2 is 1.88 bits per heavy atom. The quantitative estimate of drug-likeness (QED) is 0.489. The second-order valence-corrected chi connectivity index (χ2v) is 9.91. The Morgan fingerprint density at radius 1 is 1.08 bits per heavy atom. The van der Waals surface area contributed by atoms with Gasteiger partial charge in [0.25, 0.3) is 0 Å². The largest absolute Gasteiger partial charge is 0.358 e. The molecule has 0 aromatic carbocycles. The van der Waals surface area contributed by atoms with Crippen LogP contribution in [-0.2, 0) is 17.4 Å². The van der Waals surface area contributed by atoms with Crippen LogP contribution in [-0.4, -0.2) is 9.97 Å². The summed E-state index contributed by atoms with van der Waals surface area (Å²) >= 11 is 1.88. The molecule has 0 bridgehead atoms. The van der Waals surface area contributed by atoms with E-state index in [1.165, 1.54) is 31.6 Å². The van der Waals surface area contributed by atoms with Gasteiger partial charge in [0.15, 0.2) is 18.9 Å². The molecule has 4 aromatic heterocycles. The Bertz CT molecular complexity index is 1050. The van der Waals surface area contributed by atoms with Crippen LogP contribution >= 0.6 is 11.3 Å². The first-order chi connectivity index (χ1) is 12.2. The summed E-state index contributed by atoms with van der Waals surface area (Å²) in [5, 5.41) is 2.51. The van der Waals surface area contributed by atoms with E-state index >= 15 is 0 Å². The van der Waals surface area contributed by atoms with Gasteiger partial charge >= 0.3 is 0 Å². The Labute approximate surface area is 158 Å². The fraction of sp³-hybridized carbons (Fsp3) is 0.364. The molecule has 0 unspecified atom stereocenters. The second kappa shape index (κ2) is 5.92. The fourth-order valence-corrected chi connectivity index (χ4v) is 4.50. The van der Waals surface area contributed by atoms with E-state index < -0.39 is 0 Å². The van der Waals surface area contributed by atoms with Crippen molar-refractivity contribution < 1.29 is 4.57 Å². The van der Waals surface area contributed by atoms with Crippen LogP contribution in [0.4, 0.5) is 0 Å². The van der Waals surface area contributed by atoms with Crippen LogP contribution in [0.25, 0.3) is 21.0 Å². The van der Waals surface area contributed by atoms with Crippen molar-refractivity contribution in [3.05, 3.63) is 59.6 Å². The zero-order valence-electron chi connectivity index (χ0n) is 16.1. The van der Waals surface area contributed by atoms with Crippen molar-refractivity contribution in [2.75, 3.05) is 0 Å². The highest BCUT2D eigenvalue weighted by molar-refractivity contribution is 7.19. The Balaban J connectivity index is 1.66. The van der Waals surface area contributed by atoms with E-state index in [4.69, 9.17) is 0 Å². The monoisotopic (exact) mass is 364 g/mol. The molecule has 0 fully saturated rings. The highest BCUT2D eigenvalue weighted by Gasteiger charge is 2.28. The summed E-state index contributed by atoms with van der Waals surface area (Å²) in [6.07, 6.45) is 8.27. The van der Waals surface area contributed by atoms with Crippen molar-refractivity contribution in [1.82, 2.24) is 9.97 Å². The van der Waals surface area contributed by atoms with Gasteiger partial charge in [0, 0.05) is 44.5 Å². The predicted molar refractivity (Wildman–Crippen MR) is 110 cm³/mol. The van der Waals surface area contributed by atoms with Gasteiger partial charge in [-0.05, 0) is 32.0 Å². The minimum Gasteiger partial charge on any atom is -0.358 e. The third-order valence-corrected chi connectivity index (χ3v) is 6.47. The van der Waals surface area contributed by atoms with Crippen LogP contribution in [0.2, 0.25) is 0 Å². The van der Waals surface area contributed by atoms with Gasteiger partial charge < -0.3 is 4.98 Å².